The molecular formula is C31H37N3O5. The average molecular weight is 532 g/mol. The van der Waals surface area contributed by atoms with Gasteiger partial charge < -0.3 is 19.5 Å². The van der Waals surface area contributed by atoms with E-state index in [1.165, 1.54) is 11.8 Å². The molecule has 0 aliphatic heterocycles. The minimum atomic E-state index is -0.748. The van der Waals surface area contributed by atoms with Crippen molar-refractivity contribution < 1.29 is 23.8 Å². The molecule has 3 rings (SSSR count). The van der Waals surface area contributed by atoms with Crippen molar-refractivity contribution in [2.24, 2.45) is 11.0 Å². The first-order valence-corrected chi connectivity index (χ1v) is 12.9. The first-order valence-electron chi connectivity index (χ1n) is 12.9. The van der Waals surface area contributed by atoms with E-state index < -0.39 is 11.9 Å². The third-order valence-electron chi connectivity index (χ3n) is 5.86. The van der Waals surface area contributed by atoms with E-state index in [1.807, 2.05) is 70.2 Å². The molecule has 8 nitrogen and oxygen atoms in total. The number of methoxy groups -OCH3 is 1. The molecule has 3 aromatic carbocycles. The number of amides is 2. The van der Waals surface area contributed by atoms with Gasteiger partial charge in [-0.2, -0.15) is 5.10 Å². The lowest BCUT2D eigenvalue weighted by Crippen LogP contribution is -2.47. The van der Waals surface area contributed by atoms with Gasteiger partial charge in [-0.25, -0.2) is 5.43 Å². The fourth-order valence-corrected chi connectivity index (χ4v) is 3.90. The predicted molar refractivity (Wildman–Crippen MR) is 152 cm³/mol. The van der Waals surface area contributed by atoms with Crippen molar-refractivity contribution >= 4 is 18.0 Å². The molecule has 39 heavy (non-hydrogen) atoms. The molecule has 2 N–H and O–H groups in total. The highest BCUT2D eigenvalue weighted by molar-refractivity contribution is 5.89. The summed E-state index contributed by atoms with van der Waals surface area (Å²) in [6.45, 7) is 8.14. The van der Waals surface area contributed by atoms with E-state index in [-0.39, 0.29) is 18.4 Å². The Morgan fingerprint density at radius 3 is 2.44 bits per heavy atom. The van der Waals surface area contributed by atoms with Crippen LogP contribution in [-0.4, -0.2) is 37.8 Å². The molecule has 206 valence electrons. The molecule has 0 aliphatic carbocycles. The van der Waals surface area contributed by atoms with Gasteiger partial charge in [0, 0.05) is 0 Å². The van der Waals surface area contributed by atoms with E-state index >= 15 is 0 Å². The molecule has 0 unspecified atom stereocenters. The van der Waals surface area contributed by atoms with Crippen molar-refractivity contribution in [2.45, 2.75) is 46.8 Å². The van der Waals surface area contributed by atoms with Crippen LogP contribution in [0.4, 0.5) is 0 Å². The van der Waals surface area contributed by atoms with Crippen molar-refractivity contribution in [3.63, 3.8) is 0 Å². The second-order valence-corrected chi connectivity index (χ2v) is 9.73. The Labute approximate surface area is 230 Å². The number of para-hydroxylation sites is 1. The van der Waals surface area contributed by atoms with Crippen molar-refractivity contribution in [3.05, 3.63) is 89.0 Å². The number of nitrogens with one attached hydrogen (secondary N) is 2. The number of aryl methyl sites for hydroxylation is 2. The van der Waals surface area contributed by atoms with Gasteiger partial charge in [-0.3, -0.25) is 9.59 Å². The lowest BCUT2D eigenvalue weighted by Gasteiger charge is -2.19. The zero-order valence-electron chi connectivity index (χ0n) is 23.2. The van der Waals surface area contributed by atoms with Gasteiger partial charge in [0.05, 0.1) is 13.3 Å². The van der Waals surface area contributed by atoms with Gasteiger partial charge in [-0.05, 0) is 67.1 Å². The first-order chi connectivity index (χ1) is 18.7. The molecule has 8 heteroatoms. The topological polar surface area (TPSA) is 98.2 Å². The summed E-state index contributed by atoms with van der Waals surface area (Å²) in [5.41, 5.74) is 6.41. The number of carbonyl (C=O) groups is 2. The predicted octanol–water partition coefficient (Wildman–Crippen LogP) is 4.95. The van der Waals surface area contributed by atoms with E-state index in [0.717, 1.165) is 11.1 Å². The van der Waals surface area contributed by atoms with E-state index in [2.05, 4.69) is 21.9 Å². The van der Waals surface area contributed by atoms with Crippen molar-refractivity contribution in [2.75, 3.05) is 13.7 Å². The van der Waals surface area contributed by atoms with Crippen LogP contribution in [0.5, 0.6) is 17.2 Å². The molecule has 0 aliphatic rings. The molecule has 0 saturated heterocycles. The van der Waals surface area contributed by atoms with Gasteiger partial charge in [0.15, 0.2) is 18.1 Å². The van der Waals surface area contributed by atoms with Crippen molar-refractivity contribution in [1.82, 2.24) is 10.7 Å². The lowest BCUT2D eigenvalue weighted by atomic mass is 10.0. The molecule has 2 amide bonds. The number of carbonyl (C=O) groups excluding carboxylic acids is 2. The van der Waals surface area contributed by atoms with Crippen LogP contribution in [0.1, 0.15) is 42.5 Å². The number of hydrazone groups is 1. The summed E-state index contributed by atoms with van der Waals surface area (Å²) in [6, 6.07) is 20.2. The lowest BCUT2D eigenvalue weighted by molar-refractivity contribution is -0.130. The van der Waals surface area contributed by atoms with Crippen LogP contribution >= 0.6 is 0 Å². The number of hydrogen-bond acceptors (Lipinski definition) is 6. The maximum Gasteiger partial charge on any atom is 0.262 e. The molecule has 3 aromatic rings. The monoisotopic (exact) mass is 531 g/mol. The van der Waals surface area contributed by atoms with Gasteiger partial charge in [0.2, 0.25) is 0 Å². The number of ether oxygens (including phenoxy) is 3. The molecule has 0 aromatic heterocycles. The molecule has 0 heterocycles. The molecule has 0 saturated carbocycles. The maximum atomic E-state index is 12.8. The van der Waals surface area contributed by atoms with Crippen LogP contribution < -0.4 is 25.0 Å². The van der Waals surface area contributed by atoms with E-state index in [0.29, 0.717) is 35.8 Å². The average Bonchev–Trinajstić information content (AvgIpc) is 2.91. The van der Waals surface area contributed by atoms with Crippen LogP contribution in [-0.2, 0) is 16.2 Å². The van der Waals surface area contributed by atoms with E-state index in [1.54, 1.807) is 25.3 Å². The highest BCUT2D eigenvalue weighted by Crippen LogP contribution is 2.28. The minimum absolute atomic E-state index is 0.180. The van der Waals surface area contributed by atoms with Crippen LogP contribution in [0.15, 0.2) is 71.8 Å². The zero-order valence-corrected chi connectivity index (χ0v) is 23.2. The standard InChI is InChI=1S/C31H37N3O5/c1-21(2)15-26(33-30(35)20-39-27-12-7-6-10-23(27)4)31(36)34-32-18-24-13-14-28(29(17-24)37-5)38-19-25-11-8-9-22(3)16-25/h6-14,16-18,21,26H,15,19-20H2,1-5H3,(H,33,35)(H,34,36)/b32-18-/t26-/m1/s1. The zero-order chi connectivity index (χ0) is 28.2. The van der Waals surface area contributed by atoms with Crippen LogP contribution in [0.3, 0.4) is 0 Å². The summed E-state index contributed by atoms with van der Waals surface area (Å²) >= 11 is 0. The van der Waals surface area contributed by atoms with Gasteiger partial charge in [-0.15, -0.1) is 0 Å². The summed E-state index contributed by atoms with van der Waals surface area (Å²) in [7, 11) is 1.57. The fourth-order valence-electron chi connectivity index (χ4n) is 3.90. The molecule has 0 spiro atoms. The minimum Gasteiger partial charge on any atom is -0.493 e. The van der Waals surface area contributed by atoms with Crippen LogP contribution in [0, 0.1) is 19.8 Å². The summed E-state index contributed by atoms with van der Waals surface area (Å²) in [5, 5.41) is 6.84. The van der Waals surface area contributed by atoms with Crippen molar-refractivity contribution in [3.8, 4) is 17.2 Å². The van der Waals surface area contributed by atoms with Gasteiger partial charge in [0.25, 0.3) is 11.8 Å². The molecule has 0 bridgehead atoms. The highest BCUT2D eigenvalue weighted by Gasteiger charge is 2.22. The SMILES string of the molecule is COc1cc(/C=N\NC(=O)[C@@H](CC(C)C)NC(=O)COc2ccccc2C)ccc1OCc1cccc(C)c1. The van der Waals surface area contributed by atoms with E-state index in [9.17, 15) is 9.59 Å². The van der Waals surface area contributed by atoms with Gasteiger partial charge in [0.1, 0.15) is 18.4 Å². The van der Waals surface area contributed by atoms with Crippen molar-refractivity contribution in [1.29, 1.82) is 0 Å². The third kappa shape index (κ3) is 9.48. The second-order valence-electron chi connectivity index (χ2n) is 9.73. The Morgan fingerprint density at radius 1 is 0.923 bits per heavy atom. The Bertz CT molecular complexity index is 1290. The normalized spacial score (nSPS) is 11.7. The first kappa shape index (κ1) is 29.2. The fraction of sp³-hybridized carbons (Fsp3) is 0.323. The van der Waals surface area contributed by atoms with E-state index in [4.69, 9.17) is 14.2 Å². The Hall–Kier alpha value is -4.33. The molecule has 0 radical (unpaired) electrons. The summed E-state index contributed by atoms with van der Waals surface area (Å²) in [5.74, 6) is 1.18. The Morgan fingerprint density at radius 2 is 1.72 bits per heavy atom. The number of hydrogen-bond donors (Lipinski definition) is 2. The quantitative estimate of drug-likeness (QED) is 0.240. The number of rotatable bonds is 13. The molecular weight excluding hydrogens is 494 g/mol. The van der Waals surface area contributed by atoms with Gasteiger partial charge >= 0.3 is 0 Å². The smallest absolute Gasteiger partial charge is 0.262 e. The molecule has 1 atom stereocenters. The summed E-state index contributed by atoms with van der Waals surface area (Å²) in [4.78, 5) is 25.3. The number of nitrogens with zero attached hydrogens (tertiary/aromatic N) is 1. The van der Waals surface area contributed by atoms with Gasteiger partial charge in [-0.1, -0.05) is 61.9 Å². The summed E-state index contributed by atoms with van der Waals surface area (Å²) < 4.78 is 17.0. The Balaban J connectivity index is 1.56. The second kappa shape index (κ2) is 14.6. The van der Waals surface area contributed by atoms with Crippen LogP contribution in [0.25, 0.3) is 0 Å². The maximum absolute atomic E-state index is 12.8. The largest absolute Gasteiger partial charge is 0.493 e. The third-order valence-corrected chi connectivity index (χ3v) is 5.86. The molecule has 0 fully saturated rings. The van der Waals surface area contributed by atoms with Crippen LogP contribution in [0.2, 0.25) is 0 Å². The summed E-state index contributed by atoms with van der Waals surface area (Å²) in [6.07, 6.45) is 1.97. The number of benzene rings is 3. The Kier molecular flexibility index (Phi) is 10.9. The highest BCUT2D eigenvalue weighted by atomic mass is 16.5.